The lowest BCUT2D eigenvalue weighted by Gasteiger charge is -2.32. The Hall–Kier alpha value is -3.35. The van der Waals surface area contributed by atoms with Gasteiger partial charge in [0, 0.05) is 43.8 Å². The van der Waals surface area contributed by atoms with Gasteiger partial charge in [-0.15, -0.1) is 0 Å². The number of amides is 1. The number of carbonyl (C=O) groups is 1. The maximum atomic E-state index is 12.7. The predicted molar refractivity (Wildman–Crippen MR) is 98.5 cm³/mol. The third kappa shape index (κ3) is 3.92. The van der Waals surface area contributed by atoms with Crippen molar-refractivity contribution in [3.8, 4) is 11.6 Å². The van der Waals surface area contributed by atoms with Crippen LogP contribution in [0.5, 0.6) is 11.6 Å². The van der Waals surface area contributed by atoms with Crippen molar-refractivity contribution in [1.82, 2.24) is 24.8 Å². The molecule has 3 heterocycles. The van der Waals surface area contributed by atoms with Crippen molar-refractivity contribution in [2.24, 2.45) is 0 Å². The van der Waals surface area contributed by atoms with E-state index in [-0.39, 0.29) is 11.8 Å². The maximum absolute atomic E-state index is 12.7. The van der Waals surface area contributed by atoms with Crippen LogP contribution in [0.3, 0.4) is 0 Å². The zero-order valence-electron chi connectivity index (χ0n) is 14.7. The average molecular weight is 361 g/mol. The lowest BCUT2D eigenvalue weighted by atomic mass is 9.94. The van der Waals surface area contributed by atoms with Crippen molar-refractivity contribution in [3.05, 3.63) is 72.7 Å². The van der Waals surface area contributed by atoms with Gasteiger partial charge in [0.25, 0.3) is 5.91 Å². The summed E-state index contributed by atoms with van der Waals surface area (Å²) in [4.78, 5) is 31.5. The van der Waals surface area contributed by atoms with Crippen LogP contribution in [-0.4, -0.2) is 43.8 Å². The largest absolute Gasteiger partial charge is 0.437 e. The van der Waals surface area contributed by atoms with E-state index in [1.54, 1.807) is 23.5 Å². The molecule has 1 saturated heterocycles. The van der Waals surface area contributed by atoms with Crippen LogP contribution in [0.2, 0.25) is 0 Å². The Bertz CT molecular complexity index is 905. The Morgan fingerprint density at radius 3 is 2.67 bits per heavy atom. The summed E-state index contributed by atoms with van der Waals surface area (Å²) in [6.07, 6.45) is 9.68. The van der Waals surface area contributed by atoms with Crippen molar-refractivity contribution in [2.45, 2.75) is 18.8 Å². The van der Waals surface area contributed by atoms with Gasteiger partial charge in [0.1, 0.15) is 17.1 Å². The van der Waals surface area contributed by atoms with Crippen molar-refractivity contribution >= 4 is 5.91 Å². The zero-order chi connectivity index (χ0) is 18.5. The first-order valence-electron chi connectivity index (χ1n) is 8.90. The monoisotopic (exact) mass is 361 g/mol. The molecule has 0 spiro atoms. The van der Waals surface area contributed by atoms with Crippen molar-refractivity contribution in [1.29, 1.82) is 0 Å². The summed E-state index contributed by atoms with van der Waals surface area (Å²) in [6.45, 7) is 1.25. The minimum absolute atomic E-state index is 0.0618. The van der Waals surface area contributed by atoms with Crippen LogP contribution in [0.1, 0.15) is 34.9 Å². The third-order valence-electron chi connectivity index (χ3n) is 4.53. The standard InChI is InChI=1S/C20H19N5O2/c26-20(17-13-21-8-9-22-17)25-12-4-5-15(14-25)18-19(24-11-10-23-18)27-16-6-2-1-3-7-16/h1-3,6-11,13,15H,4-5,12,14H2/t15-/m1/s1. The van der Waals surface area contributed by atoms with Gasteiger partial charge in [-0.05, 0) is 25.0 Å². The summed E-state index contributed by atoms with van der Waals surface area (Å²) in [7, 11) is 0. The summed E-state index contributed by atoms with van der Waals surface area (Å²) >= 11 is 0. The van der Waals surface area contributed by atoms with Gasteiger partial charge >= 0.3 is 0 Å². The number of para-hydroxylation sites is 1. The fourth-order valence-corrected chi connectivity index (χ4v) is 3.25. The molecule has 1 aliphatic heterocycles. The molecular weight excluding hydrogens is 342 g/mol. The number of likely N-dealkylation sites (tertiary alicyclic amines) is 1. The number of ether oxygens (including phenoxy) is 1. The van der Waals surface area contributed by atoms with E-state index in [2.05, 4.69) is 19.9 Å². The fraction of sp³-hybridized carbons (Fsp3) is 0.250. The van der Waals surface area contributed by atoms with Crippen molar-refractivity contribution in [3.63, 3.8) is 0 Å². The highest BCUT2D eigenvalue weighted by molar-refractivity contribution is 5.92. The zero-order valence-corrected chi connectivity index (χ0v) is 14.7. The van der Waals surface area contributed by atoms with E-state index in [9.17, 15) is 4.79 Å². The van der Waals surface area contributed by atoms with E-state index >= 15 is 0 Å². The second-order valence-corrected chi connectivity index (χ2v) is 6.34. The highest BCUT2D eigenvalue weighted by Gasteiger charge is 2.29. The molecule has 0 saturated carbocycles. The summed E-state index contributed by atoms with van der Waals surface area (Å²) in [5.74, 6) is 1.15. The Balaban J connectivity index is 1.54. The minimum Gasteiger partial charge on any atom is -0.437 e. The molecule has 1 aromatic carbocycles. The number of piperidine rings is 1. The lowest BCUT2D eigenvalue weighted by molar-refractivity contribution is 0.0698. The number of aromatic nitrogens is 4. The molecule has 136 valence electrons. The van der Waals surface area contributed by atoms with Crippen LogP contribution in [0, 0.1) is 0 Å². The first-order chi connectivity index (χ1) is 13.3. The Kier molecular flexibility index (Phi) is 5.00. The third-order valence-corrected chi connectivity index (χ3v) is 4.53. The van der Waals surface area contributed by atoms with Crippen molar-refractivity contribution in [2.75, 3.05) is 13.1 Å². The van der Waals surface area contributed by atoms with E-state index in [1.807, 2.05) is 30.3 Å². The topological polar surface area (TPSA) is 81.1 Å². The maximum Gasteiger partial charge on any atom is 0.274 e. The van der Waals surface area contributed by atoms with Gasteiger partial charge in [0.15, 0.2) is 0 Å². The van der Waals surface area contributed by atoms with E-state index in [0.29, 0.717) is 30.4 Å². The number of rotatable bonds is 4. The molecule has 27 heavy (non-hydrogen) atoms. The van der Waals surface area contributed by atoms with Gasteiger partial charge in [0.2, 0.25) is 5.88 Å². The molecule has 1 aliphatic rings. The minimum atomic E-state index is -0.109. The number of carbonyl (C=O) groups excluding carboxylic acids is 1. The number of hydrogen-bond acceptors (Lipinski definition) is 6. The molecule has 4 rings (SSSR count). The highest BCUT2D eigenvalue weighted by Crippen LogP contribution is 2.32. The van der Waals surface area contributed by atoms with Crippen LogP contribution in [0.15, 0.2) is 61.3 Å². The average Bonchev–Trinajstić information content (AvgIpc) is 2.75. The van der Waals surface area contributed by atoms with Crippen LogP contribution in [0.25, 0.3) is 0 Å². The van der Waals surface area contributed by atoms with Gasteiger partial charge in [-0.25, -0.2) is 9.97 Å². The van der Waals surface area contributed by atoms with Gasteiger partial charge < -0.3 is 9.64 Å². The van der Waals surface area contributed by atoms with Gasteiger partial charge in [-0.1, -0.05) is 18.2 Å². The molecule has 0 N–H and O–H groups in total. The molecule has 2 aromatic heterocycles. The number of hydrogen-bond donors (Lipinski definition) is 0. The molecule has 1 atom stereocenters. The van der Waals surface area contributed by atoms with E-state index in [4.69, 9.17) is 4.74 Å². The molecule has 1 fully saturated rings. The van der Waals surface area contributed by atoms with Crippen LogP contribution in [0.4, 0.5) is 0 Å². The second-order valence-electron chi connectivity index (χ2n) is 6.34. The van der Waals surface area contributed by atoms with Gasteiger partial charge in [0.05, 0.1) is 6.20 Å². The van der Waals surface area contributed by atoms with Crippen LogP contribution in [-0.2, 0) is 0 Å². The highest BCUT2D eigenvalue weighted by atomic mass is 16.5. The first-order valence-corrected chi connectivity index (χ1v) is 8.90. The summed E-state index contributed by atoms with van der Waals surface area (Å²) in [5.41, 5.74) is 1.14. The Morgan fingerprint density at radius 1 is 1.04 bits per heavy atom. The van der Waals surface area contributed by atoms with Gasteiger partial charge in [-0.3, -0.25) is 14.8 Å². The molecule has 0 radical (unpaired) electrons. The smallest absolute Gasteiger partial charge is 0.274 e. The van der Waals surface area contributed by atoms with E-state index in [0.717, 1.165) is 18.5 Å². The molecule has 0 aliphatic carbocycles. The summed E-state index contributed by atoms with van der Waals surface area (Å²) in [6, 6.07) is 9.51. The van der Waals surface area contributed by atoms with Crippen LogP contribution >= 0.6 is 0 Å². The molecule has 3 aromatic rings. The molecule has 7 heteroatoms. The quantitative estimate of drug-likeness (QED) is 0.710. The first kappa shape index (κ1) is 17.1. The summed E-state index contributed by atoms with van der Waals surface area (Å²) < 4.78 is 5.94. The molecule has 1 amide bonds. The lowest BCUT2D eigenvalue weighted by Crippen LogP contribution is -2.39. The Morgan fingerprint density at radius 2 is 1.85 bits per heavy atom. The number of nitrogens with zero attached hydrogens (tertiary/aromatic N) is 5. The summed E-state index contributed by atoms with van der Waals surface area (Å²) in [5, 5.41) is 0. The number of benzene rings is 1. The molecular formula is C20H19N5O2. The second kappa shape index (κ2) is 7.90. The molecule has 0 unspecified atom stereocenters. The normalized spacial score (nSPS) is 16.7. The van der Waals surface area contributed by atoms with E-state index < -0.39 is 0 Å². The van der Waals surface area contributed by atoms with Crippen LogP contribution < -0.4 is 4.74 Å². The predicted octanol–water partition coefficient (Wildman–Crippen LogP) is 3.08. The fourth-order valence-electron chi connectivity index (χ4n) is 3.25. The van der Waals surface area contributed by atoms with Gasteiger partial charge in [-0.2, -0.15) is 0 Å². The van der Waals surface area contributed by atoms with E-state index in [1.165, 1.54) is 12.4 Å². The molecule has 7 nitrogen and oxygen atoms in total. The SMILES string of the molecule is O=C(c1cnccn1)N1CCC[C@@H](c2nccnc2Oc2ccccc2)C1. The molecule has 0 bridgehead atoms. The van der Waals surface area contributed by atoms with Crippen molar-refractivity contribution < 1.29 is 9.53 Å². The Labute approximate surface area is 157 Å².